The minimum Gasteiger partial charge on any atom is -0.486 e. The molecule has 0 radical (unpaired) electrons. The molecule has 0 aliphatic heterocycles. The number of nitrogen functional groups attached to an aromatic ring is 1. The molecule has 84 valence electrons. The number of aromatic nitrogens is 1. The molecule has 4 heteroatoms. The van der Waals surface area contributed by atoms with Crippen molar-refractivity contribution < 1.29 is 4.74 Å². The van der Waals surface area contributed by atoms with Gasteiger partial charge in [-0.1, -0.05) is 12.1 Å². The van der Waals surface area contributed by atoms with Crippen LogP contribution < -0.4 is 10.5 Å². The summed E-state index contributed by atoms with van der Waals surface area (Å²) in [7, 11) is 0. The maximum atomic E-state index is 8.84. The van der Waals surface area contributed by atoms with Gasteiger partial charge in [-0.05, 0) is 29.8 Å². The number of benzene rings is 1. The molecule has 1 heterocycles. The van der Waals surface area contributed by atoms with Gasteiger partial charge in [0.25, 0.3) is 0 Å². The predicted octanol–water partition coefficient (Wildman–Crippen LogP) is 2.11. The fourth-order valence-electron chi connectivity index (χ4n) is 1.37. The molecule has 0 aliphatic rings. The number of hydrogen-bond donors (Lipinski definition) is 1. The summed E-state index contributed by atoms with van der Waals surface area (Å²) in [4.78, 5) is 3.92. The number of nitrogens with zero attached hydrogens (tertiary/aromatic N) is 2. The third-order valence-electron chi connectivity index (χ3n) is 2.25. The maximum Gasteiger partial charge on any atom is 0.182 e. The van der Waals surface area contributed by atoms with Crippen LogP contribution in [0.3, 0.4) is 0 Å². The van der Waals surface area contributed by atoms with Crippen molar-refractivity contribution in [2.24, 2.45) is 0 Å². The lowest BCUT2D eigenvalue weighted by Crippen LogP contribution is -1.98. The molecule has 4 nitrogen and oxygen atoms in total. The average Bonchev–Trinajstić information content (AvgIpc) is 2.38. The van der Waals surface area contributed by atoms with Crippen molar-refractivity contribution in [3.63, 3.8) is 0 Å². The number of nitrogens with two attached hydrogens (primary N) is 1. The molecular formula is C13H11N3O. The van der Waals surface area contributed by atoms with E-state index >= 15 is 0 Å². The van der Waals surface area contributed by atoms with Crippen LogP contribution in [-0.4, -0.2) is 4.98 Å². The van der Waals surface area contributed by atoms with Crippen molar-refractivity contribution in [1.29, 1.82) is 5.26 Å². The molecular weight excluding hydrogens is 214 g/mol. The second-order valence-corrected chi connectivity index (χ2v) is 3.49. The van der Waals surface area contributed by atoms with Gasteiger partial charge in [0, 0.05) is 11.9 Å². The van der Waals surface area contributed by atoms with Crippen molar-refractivity contribution in [3.05, 3.63) is 53.9 Å². The van der Waals surface area contributed by atoms with Crippen LogP contribution >= 0.6 is 0 Å². The van der Waals surface area contributed by atoms with Crippen LogP contribution in [0.25, 0.3) is 0 Å². The van der Waals surface area contributed by atoms with Crippen LogP contribution in [0, 0.1) is 11.3 Å². The smallest absolute Gasteiger partial charge is 0.182 e. The average molecular weight is 225 g/mol. The normalized spacial score (nSPS) is 9.59. The molecule has 2 N–H and O–H groups in total. The number of anilines is 1. The van der Waals surface area contributed by atoms with E-state index < -0.39 is 0 Å². The molecule has 2 rings (SSSR count). The highest BCUT2D eigenvalue weighted by atomic mass is 16.5. The van der Waals surface area contributed by atoms with Crippen molar-refractivity contribution >= 4 is 5.69 Å². The van der Waals surface area contributed by atoms with Gasteiger partial charge in [-0.2, -0.15) is 5.26 Å². The topological polar surface area (TPSA) is 71.9 Å². The fraction of sp³-hybridized carbons (Fsp3) is 0.0769. The molecule has 17 heavy (non-hydrogen) atoms. The van der Waals surface area contributed by atoms with E-state index in [9.17, 15) is 0 Å². The summed E-state index contributed by atoms with van der Waals surface area (Å²) in [5.41, 5.74) is 7.59. The first-order chi connectivity index (χ1) is 8.29. The monoisotopic (exact) mass is 225 g/mol. The largest absolute Gasteiger partial charge is 0.486 e. The zero-order valence-electron chi connectivity index (χ0n) is 9.13. The van der Waals surface area contributed by atoms with Crippen molar-refractivity contribution in [3.8, 4) is 11.8 Å². The summed E-state index contributed by atoms with van der Waals surface area (Å²) in [5, 5.41) is 8.84. The fourth-order valence-corrected chi connectivity index (χ4v) is 1.37. The first kappa shape index (κ1) is 11.0. The van der Waals surface area contributed by atoms with Crippen LogP contribution in [0.5, 0.6) is 5.75 Å². The van der Waals surface area contributed by atoms with Gasteiger partial charge in [-0.3, -0.25) is 0 Å². The van der Waals surface area contributed by atoms with E-state index in [2.05, 4.69) is 4.98 Å². The summed E-state index contributed by atoms with van der Waals surface area (Å²) in [6, 6.07) is 12.8. The molecule has 0 saturated heterocycles. The Hall–Kier alpha value is -2.54. The maximum absolute atomic E-state index is 8.84. The Labute approximate surface area is 99.3 Å². The van der Waals surface area contributed by atoms with Gasteiger partial charge in [0.05, 0.1) is 0 Å². The lowest BCUT2D eigenvalue weighted by molar-refractivity contribution is 0.304. The number of pyridine rings is 1. The summed E-state index contributed by atoms with van der Waals surface area (Å²) in [5.74, 6) is 0.492. The lowest BCUT2D eigenvalue weighted by atomic mass is 10.2. The first-order valence-electron chi connectivity index (χ1n) is 5.12. The number of rotatable bonds is 3. The second kappa shape index (κ2) is 4.99. The predicted molar refractivity (Wildman–Crippen MR) is 64.1 cm³/mol. The highest BCUT2D eigenvalue weighted by Crippen LogP contribution is 2.16. The van der Waals surface area contributed by atoms with E-state index in [1.54, 1.807) is 18.3 Å². The third-order valence-corrected chi connectivity index (χ3v) is 2.25. The number of hydrogen-bond acceptors (Lipinski definition) is 4. The molecule has 2 aromatic rings. The molecule has 0 amide bonds. The van der Waals surface area contributed by atoms with E-state index in [-0.39, 0.29) is 0 Å². The zero-order chi connectivity index (χ0) is 12.1. The van der Waals surface area contributed by atoms with Gasteiger partial charge in [-0.25, -0.2) is 4.98 Å². The summed E-state index contributed by atoms with van der Waals surface area (Å²) >= 11 is 0. The molecule has 0 spiro atoms. The Morgan fingerprint density at radius 2 is 2.00 bits per heavy atom. The van der Waals surface area contributed by atoms with Gasteiger partial charge < -0.3 is 10.5 Å². The Bertz CT molecular complexity index is 543. The lowest BCUT2D eigenvalue weighted by Gasteiger charge is -2.07. The second-order valence-electron chi connectivity index (χ2n) is 3.49. The van der Waals surface area contributed by atoms with E-state index in [4.69, 9.17) is 15.7 Å². The molecule has 0 saturated carbocycles. The molecule has 0 fully saturated rings. The Balaban J connectivity index is 2.08. The molecule has 0 aliphatic carbocycles. The van der Waals surface area contributed by atoms with E-state index in [1.165, 1.54) is 0 Å². The summed E-state index contributed by atoms with van der Waals surface area (Å²) < 4.78 is 5.53. The Kier molecular flexibility index (Phi) is 3.22. The highest BCUT2D eigenvalue weighted by molar-refractivity contribution is 5.40. The van der Waals surface area contributed by atoms with Crippen LogP contribution in [0.15, 0.2) is 42.6 Å². The first-order valence-corrected chi connectivity index (χ1v) is 5.12. The molecule has 1 aromatic heterocycles. The summed E-state index contributed by atoms with van der Waals surface area (Å²) in [6.45, 7) is 0.390. The Morgan fingerprint density at radius 1 is 1.24 bits per heavy atom. The van der Waals surface area contributed by atoms with Crippen molar-refractivity contribution in [2.45, 2.75) is 6.61 Å². The minimum absolute atomic E-state index is 0.294. The molecule has 0 atom stereocenters. The van der Waals surface area contributed by atoms with Gasteiger partial charge in [0.2, 0.25) is 0 Å². The van der Waals surface area contributed by atoms with E-state index in [0.717, 1.165) is 5.56 Å². The van der Waals surface area contributed by atoms with E-state index in [1.807, 2.05) is 30.3 Å². The molecule has 1 aromatic carbocycles. The van der Waals surface area contributed by atoms with Crippen LogP contribution in [-0.2, 0) is 6.61 Å². The van der Waals surface area contributed by atoms with Crippen molar-refractivity contribution in [1.82, 2.24) is 4.98 Å². The van der Waals surface area contributed by atoms with Crippen LogP contribution in [0.4, 0.5) is 5.69 Å². The van der Waals surface area contributed by atoms with Crippen LogP contribution in [0.1, 0.15) is 11.3 Å². The number of ether oxygens (including phenoxy) is 1. The van der Waals surface area contributed by atoms with Gasteiger partial charge in [-0.15, -0.1) is 0 Å². The minimum atomic E-state index is 0.294. The zero-order valence-corrected chi connectivity index (χ0v) is 9.13. The molecule has 0 bridgehead atoms. The van der Waals surface area contributed by atoms with Gasteiger partial charge in [0.15, 0.2) is 11.4 Å². The summed E-state index contributed by atoms with van der Waals surface area (Å²) in [6.07, 6.45) is 1.56. The Morgan fingerprint density at radius 3 is 2.71 bits per heavy atom. The van der Waals surface area contributed by atoms with Crippen molar-refractivity contribution in [2.75, 3.05) is 5.73 Å². The SMILES string of the molecule is N#Cc1ncccc1OCc1ccc(N)cc1. The highest BCUT2D eigenvalue weighted by Gasteiger charge is 2.03. The van der Waals surface area contributed by atoms with Crippen LogP contribution in [0.2, 0.25) is 0 Å². The number of nitriles is 1. The molecule has 0 unspecified atom stereocenters. The standard InChI is InChI=1S/C13H11N3O/c14-8-12-13(2-1-7-16-12)17-9-10-3-5-11(15)6-4-10/h1-7H,9,15H2. The third kappa shape index (κ3) is 2.73. The van der Waals surface area contributed by atoms with Gasteiger partial charge >= 0.3 is 0 Å². The van der Waals surface area contributed by atoms with Gasteiger partial charge in [0.1, 0.15) is 12.7 Å². The van der Waals surface area contributed by atoms with E-state index in [0.29, 0.717) is 23.7 Å². The quantitative estimate of drug-likeness (QED) is 0.812.